The summed E-state index contributed by atoms with van der Waals surface area (Å²) in [5.41, 5.74) is 4.77. The number of nitrogens with zero attached hydrogens (tertiary/aromatic N) is 2. The fourth-order valence-electron chi connectivity index (χ4n) is 4.60. The zero-order valence-corrected chi connectivity index (χ0v) is 19.0. The summed E-state index contributed by atoms with van der Waals surface area (Å²) in [7, 11) is -1.39. The summed E-state index contributed by atoms with van der Waals surface area (Å²) in [4.78, 5) is 18.6. The molecule has 2 unspecified atom stereocenters. The van der Waals surface area contributed by atoms with Gasteiger partial charge in [0.05, 0.1) is 4.90 Å². The van der Waals surface area contributed by atoms with Gasteiger partial charge in [0.25, 0.3) is 5.91 Å². The Morgan fingerprint density at radius 1 is 1.00 bits per heavy atom. The van der Waals surface area contributed by atoms with Gasteiger partial charge in [-0.25, -0.2) is 4.21 Å². The van der Waals surface area contributed by atoms with E-state index in [0.717, 1.165) is 36.4 Å². The average Bonchev–Trinajstić information content (AvgIpc) is 3.19. The summed E-state index contributed by atoms with van der Waals surface area (Å²) in [5.74, 6) is -0.00461. The van der Waals surface area contributed by atoms with E-state index in [-0.39, 0.29) is 5.91 Å². The largest absolute Gasteiger partial charge is 0.306 e. The molecule has 2 aliphatic heterocycles. The Hall–Kier alpha value is -2.96. The second-order valence-electron chi connectivity index (χ2n) is 8.57. The molecule has 5 rings (SSSR count). The first-order chi connectivity index (χ1) is 15.6. The zero-order chi connectivity index (χ0) is 22.1. The molecule has 3 aromatic rings. The molecule has 0 aromatic heterocycles. The standard InChI is InChI=1S/C26H27N3O2S/c1-19-8-12-22(13-9-19)27-32(31)24-14-10-20(11-15-24)26(30)29-18-23-6-4-16-28(23)17-21-5-2-3-7-25(21)29/h2-3,5,7-15,23,27H,4,6,16-18H2,1H3. The third kappa shape index (κ3) is 4.20. The highest BCUT2D eigenvalue weighted by Gasteiger charge is 2.33. The Kier molecular flexibility index (Phi) is 5.81. The molecule has 2 heterocycles. The van der Waals surface area contributed by atoms with Gasteiger partial charge in [-0.3, -0.25) is 9.69 Å². The molecular formula is C26H27N3O2S. The van der Waals surface area contributed by atoms with E-state index in [0.29, 0.717) is 23.0 Å². The quantitative estimate of drug-likeness (QED) is 0.630. The first-order valence-corrected chi connectivity index (χ1v) is 12.2. The molecule has 1 amide bonds. The van der Waals surface area contributed by atoms with Crippen LogP contribution < -0.4 is 9.62 Å². The number of hydrogen-bond acceptors (Lipinski definition) is 3. The minimum atomic E-state index is -1.39. The van der Waals surface area contributed by atoms with E-state index in [4.69, 9.17) is 0 Å². The Labute approximate surface area is 191 Å². The lowest BCUT2D eigenvalue weighted by atomic mass is 10.1. The molecule has 0 spiro atoms. The highest BCUT2D eigenvalue weighted by atomic mass is 32.2. The number of carbonyl (C=O) groups excluding carboxylic acids is 1. The van der Waals surface area contributed by atoms with E-state index >= 15 is 0 Å². The number of benzene rings is 3. The minimum Gasteiger partial charge on any atom is -0.306 e. The van der Waals surface area contributed by atoms with Gasteiger partial charge in [-0.05, 0) is 74.3 Å². The highest BCUT2D eigenvalue weighted by Crippen LogP contribution is 2.32. The Morgan fingerprint density at radius 2 is 1.75 bits per heavy atom. The van der Waals surface area contributed by atoms with Crippen molar-refractivity contribution in [2.45, 2.75) is 37.2 Å². The summed E-state index contributed by atoms with van der Waals surface area (Å²) in [5, 5.41) is 0. The summed E-state index contributed by atoms with van der Waals surface area (Å²) in [6.07, 6.45) is 2.31. The van der Waals surface area contributed by atoms with E-state index in [9.17, 15) is 9.00 Å². The van der Waals surface area contributed by atoms with Gasteiger partial charge >= 0.3 is 0 Å². The lowest BCUT2D eigenvalue weighted by Crippen LogP contribution is -2.40. The van der Waals surface area contributed by atoms with E-state index in [1.54, 1.807) is 24.3 Å². The van der Waals surface area contributed by atoms with Gasteiger partial charge in [-0.15, -0.1) is 0 Å². The molecule has 6 heteroatoms. The molecule has 1 N–H and O–H groups in total. The number of carbonyl (C=O) groups is 1. The van der Waals surface area contributed by atoms with Crippen molar-refractivity contribution in [2.75, 3.05) is 22.7 Å². The lowest BCUT2D eigenvalue weighted by Gasteiger charge is -2.26. The first kappa shape index (κ1) is 20.9. The van der Waals surface area contributed by atoms with Gasteiger partial charge in [0, 0.05) is 36.1 Å². The second-order valence-corrected chi connectivity index (χ2v) is 9.79. The molecule has 164 valence electrons. The number of aryl methyl sites for hydroxylation is 1. The van der Waals surface area contributed by atoms with Crippen LogP contribution >= 0.6 is 0 Å². The molecule has 0 bridgehead atoms. The maximum absolute atomic E-state index is 13.5. The van der Waals surface area contributed by atoms with Crippen LogP contribution in [0, 0.1) is 6.92 Å². The van der Waals surface area contributed by atoms with Crippen LogP contribution in [0.1, 0.15) is 34.3 Å². The van der Waals surface area contributed by atoms with Crippen molar-refractivity contribution in [3.8, 4) is 0 Å². The Morgan fingerprint density at radius 3 is 2.53 bits per heavy atom. The van der Waals surface area contributed by atoms with Gasteiger partial charge in [0.1, 0.15) is 11.0 Å². The number of rotatable bonds is 4. The molecule has 0 aliphatic carbocycles. The maximum Gasteiger partial charge on any atom is 0.258 e. The van der Waals surface area contributed by atoms with E-state index in [1.807, 2.05) is 54.3 Å². The molecule has 2 aliphatic rings. The van der Waals surface area contributed by atoms with Gasteiger partial charge < -0.3 is 9.62 Å². The third-order valence-corrected chi connectivity index (χ3v) is 7.49. The summed E-state index contributed by atoms with van der Waals surface area (Å²) in [6.45, 7) is 4.71. The topological polar surface area (TPSA) is 52.7 Å². The molecular weight excluding hydrogens is 418 g/mol. The minimum absolute atomic E-state index is 0.00461. The first-order valence-electron chi connectivity index (χ1n) is 11.1. The highest BCUT2D eigenvalue weighted by molar-refractivity contribution is 7.86. The van der Waals surface area contributed by atoms with Crippen LogP contribution in [0.15, 0.2) is 77.7 Å². The molecule has 0 saturated carbocycles. The van der Waals surface area contributed by atoms with Crippen LogP contribution in [0.2, 0.25) is 0 Å². The van der Waals surface area contributed by atoms with E-state index in [2.05, 4.69) is 15.7 Å². The predicted molar refractivity (Wildman–Crippen MR) is 129 cm³/mol. The van der Waals surface area contributed by atoms with E-state index in [1.165, 1.54) is 12.0 Å². The van der Waals surface area contributed by atoms with Gasteiger partial charge in [-0.2, -0.15) is 0 Å². The Balaban J connectivity index is 1.36. The van der Waals surface area contributed by atoms with Crippen LogP contribution in [0.5, 0.6) is 0 Å². The smallest absolute Gasteiger partial charge is 0.258 e. The Bertz CT molecular complexity index is 1140. The SMILES string of the molecule is Cc1ccc(NS(=O)c2ccc(C(=O)N3CC4CCCN4Cc4ccccc43)cc2)cc1. The summed E-state index contributed by atoms with van der Waals surface area (Å²) >= 11 is 0. The zero-order valence-electron chi connectivity index (χ0n) is 18.2. The van der Waals surface area contributed by atoms with Crippen LogP contribution in [0.25, 0.3) is 0 Å². The fraction of sp³-hybridized carbons (Fsp3) is 0.269. The van der Waals surface area contributed by atoms with Crippen molar-refractivity contribution in [3.63, 3.8) is 0 Å². The van der Waals surface area contributed by atoms with Gasteiger partial charge in [-0.1, -0.05) is 35.9 Å². The van der Waals surface area contributed by atoms with Crippen LogP contribution in [0.4, 0.5) is 11.4 Å². The summed E-state index contributed by atoms with van der Waals surface area (Å²) in [6, 6.07) is 23.5. The van der Waals surface area contributed by atoms with Crippen molar-refractivity contribution in [2.24, 2.45) is 0 Å². The average molecular weight is 446 g/mol. The monoisotopic (exact) mass is 445 g/mol. The van der Waals surface area contributed by atoms with Crippen molar-refractivity contribution in [1.82, 2.24) is 4.90 Å². The van der Waals surface area contributed by atoms with Crippen molar-refractivity contribution in [1.29, 1.82) is 0 Å². The molecule has 1 saturated heterocycles. The molecule has 0 radical (unpaired) electrons. The molecule has 5 nitrogen and oxygen atoms in total. The number of fused-ring (bicyclic) bond motifs is 2. The molecule has 3 aromatic carbocycles. The van der Waals surface area contributed by atoms with Crippen molar-refractivity contribution in [3.05, 3.63) is 89.5 Å². The van der Waals surface area contributed by atoms with Crippen molar-refractivity contribution >= 4 is 28.3 Å². The normalized spacial score (nSPS) is 19.0. The van der Waals surface area contributed by atoms with Crippen LogP contribution in [-0.4, -0.2) is 34.1 Å². The number of hydrogen-bond donors (Lipinski definition) is 1. The lowest BCUT2D eigenvalue weighted by molar-refractivity contribution is 0.0981. The third-order valence-electron chi connectivity index (χ3n) is 6.37. The molecule has 2 atom stereocenters. The second kappa shape index (κ2) is 8.88. The van der Waals surface area contributed by atoms with Gasteiger partial charge in [0.2, 0.25) is 0 Å². The molecule has 32 heavy (non-hydrogen) atoms. The van der Waals surface area contributed by atoms with E-state index < -0.39 is 11.0 Å². The van der Waals surface area contributed by atoms with Crippen LogP contribution in [0.3, 0.4) is 0 Å². The summed E-state index contributed by atoms with van der Waals surface area (Å²) < 4.78 is 15.7. The van der Waals surface area contributed by atoms with Gasteiger partial charge in [0.15, 0.2) is 0 Å². The number of amides is 1. The van der Waals surface area contributed by atoms with Crippen LogP contribution in [-0.2, 0) is 17.5 Å². The fourth-order valence-corrected chi connectivity index (χ4v) is 5.45. The predicted octanol–water partition coefficient (Wildman–Crippen LogP) is 4.75. The van der Waals surface area contributed by atoms with Crippen molar-refractivity contribution < 1.29 is 9.00 Å². The number of anilines is 2. The number of nitrogens with one attached hydrogen (secondary N) is 1. The number of para-hydroxylation sites is 1. The molecule has 1 fully saturated rings. The maximum atomic E-state index is 13.5.